The van der Waals surface area contributed by atoms with E-state index in [-0.39, 0.29) is 5.28 Å². The Labute approximate surface area is 256 Å². The molecule has 43 heavy (non-hydrogen) atoms. The topological polar surface area (TPSA) is 38.7 Å². The molecule has 0 fully saturated rings. The van der Waals surface area contributed by atoms with Crippen molar-refractivity contribution in [3.8, 4) is 67.3 Å². The van der Waals surface area contributed by atoms with Gasteiger partial charge in [-0.25, -0.2) is 4.98 Å². The summed E-state index contributed by atoms with van der Waals surface area (Å²) in [4.78, 5) is 13.9. The molecule has 0 unspecified atom stereocenters. The molecule has 0 saturated carbocycles. The van der Waals surface area contributed by atoms with Crippen LogP contribution in [0.5, 0.6) is 0 Å². The van der Waals surface area contributed by atoms with Gasteiger partial charge in [-0.3, -0.25) is 0 Å². The van der Waals surface area contributed by atoms with E-state index in [9.17, 15) is 0 Å². The van der Waals surface area contributed by atoms with E-state index in [2.05, 4.69) is 131 Å². The number of halogens is 1. The summed E-state index contributed by atoms with van der Waals surface area (Å²) in [6.45, 7) is 0. The van der Waals surface area contributed by atoms with E-state index in [1.165, 1.54) is 22.3 Å². The predicted molar refractivity (Wildman–Crippen MR) is 177 cm³/mol. The molecular formula is C39H26ClN3. The first-order valence-electron chi connectivity index (χ1n) is 14.1. The fourth-order valence-electron chi connectivity index (χ4n) is 5.30. The Kier molecular flexibility index (Phi) is 7.31. The van der Waals surface area contributed by atoms with E-state index < -0.39 is 0 Å². The third-order valence-electron chi connectivity index (χ3n) is 7.46. The Morgan fingerprint density at radius 1 is 0.279 bits per heavy atom. The highest BCUT2D eigenvalue weighted by Crippen LogP contribution is 2.32. The second kappa shape index (κ2) is 11.8. The Morgan fingerprint density at radius 2 is 0.558 bits per heavy atom. The summed E-state index contributed by atoms with van der Waals surface area (Å²) < 4.78 is 0. The molecule has 0 aliphatic rings. The molecule has 0 bridgehead atoms. The van der Waals surface area contributed by atoms with Gasteiger partial charge in [0.25, 0.3) is 0 Å². The largest absolute Gasteiger partial charge is 0.226 e. The van der Waals surface area contributed by atoms with Crippen LogP contribution in [0.4, 0.5) is 0 Å². The summed E-state index contributed by atoms with van der Waals surface area (Å²) >= 11 is 6.48. The molecule has 0 N–H and O–H groups in total. The van der Waals surface area contributed by atoms with Crippen molar-refractivity contribution in [1.82, 2.24) is 15.0 Å². The summed E-state index contributed by atoms with van der Waals surface area (Å²) in [6, 6.07) is 54.4. The maximum absolute atomic E-state index is 6.48. The van der Waals surface area contributed by atoms with Crippen molar-refractivity contribution in [2.45, 2.75) is 0 Å². The van der Waals surface area contributed by atoms with Crippen molar-refractivity contribution in [3.05, 3.63) is 163 Å². The molecule has 0 radical (unpaired) electrons. The van der Waals surface area contributed by atoms with Crippen molar-refractivity contribution in [1.29, 1.82) is 0 Å². The van der Waals surface area contributed by atoms with E-state index in [1.807, 2.05) is 36.4 Å². The van der Waals surface area contributed by atoms with Gasteiger partial charge in [0.2, 0.25) is 5.28 Å². The molecule has 0 saturated heterocycles. The Balaban J connectivity index is 1.22. The standard InChI is InChI=1S/C39H26ClN3/c40-39-42-37(35-21-9-19-33(25-35)31-17-7-15-29(23-31)27-11-3-1-4-12-27)41-38(43-39)36-22-10-20-34(26-36)32-18-8-16-30(24-32)28-13-5-2-6-14-28/h1-26H. The highest BCUT2D eigenvalue weighted by molar-refractivity contribution is 6.28. The van der Waals surface area contributed by atoms with Crippen LogP contribution in [0.25, 0.3) is 67.3 Å². The molecule has 7 aromatic rings. The summed E-state index contributed by atoms with van der Waals surface area (Å²) in [5.74, 6) is 1.07. The van der Waals surface area contributed by atoms with E-state index in [0.717, 1.165) is 33.4 Å². The second-order valence-electron chi connectivity index (χ2n) is 10.3. The molecule has 0 atom stereocenters. The fraction of sp³-hybridized carbons (Fsp3) is 0. The molecule has 0 spiro atoms. The second-order valence-corrected chi connectivity index (χ2v) is 10.6. The number of hydrogen-bond acceptors (Lipinski definition) is 3. The van der Waals surface area contributed by atoms with Crippen LogP contribution in [0, 0.1) is 0 Å². The van der Waals surface area contributed by atoms with Crippen LogP contribution >= 0.6 is 11.6 Å². The SMILES string of the molecule is Clc1nc(-c2cccc(-c3cccc(-c4ccccc4)c3)c2)nc(-c2cccc(-c3cccc(-c4ccccc4)c3)c2)n1. The Hall–Kier alpha value is -5.38. The Morgan fingerprint density at radius 3 is 0.930 bits per heavy atom. The molecule has 6 aromatic carbocycles. The first-order valence-corrected chi connectivity index (χ1v) is 14.5. The molecule has 0 amide bonds. The smallest absolute Gasteiger partial charge is 0.208 e. The van der Waals surface area contributed by atoms with Crippen LogP contribution in [-0.2, 0) is 0 Å². The maximum Gasteiger partial charge on any atom is 0.226 e. The van der Waals surface area contributed by atoms with E-state index in [1.54, 1.807) is 0 Å². The molecule has 0 aliphatic heterocycles. The molecule has 7 rings (SSSR count). The average molecular weight is 572 g/mol. The zero-order valence-electron chi connectivity index (χ0n) is 23.2. The van der Waals surface area contributed by atoms with Gasteiger partial charge in [-0.2, -0.15) is 9.97 Å². The van der Waals surface area contributed by atoms with Crippen molar-refractivity contribution in [2.24, 2.45) is 0 Å². The lowest BCUT2D eigenvalue weighted by Gasteiger charge is -2.10. The number of aromatic nitrogens is 3. The molecule has 1 heterocycles. The summed E-state index contributed by atoms with van der Waals surface area (Å²) in [5.41, 5.74) is 10.9. The van der Waals surface area contributed by atoms with Crippen LogP contribution in [0.2, 0.25) is 5.28 Å². The van der Waals surface area contributed by atoms with E-state index in [0.29, 0.717) is 11.6 Å². The molecule has 0 aliphatic carbocycles. The lowest BCUT2D eigenvalue weighted by atomic mass is 9.97. The summed E-state index contributed by atoms with van der Waals surface area (Å²) in [7, 11) is 0. The third-order valence-corrected chi connectivity index (χ3v) is 7.62. The van der Waals surface area contributed by atoms with Crippen LogP contribution in [0.3, 0.4) is 0 Å². The number of hydrogen-bond donors (Lipinski definition) is 0. The minimum absolute atomic E-state index is 0.160. The quantitative estimate of drug-likeness (QED) is 0.199. The maximum atomic E-state index is 6.48. The summed E-state index contributed by atoms with van der Waals surface area (Å²) in [6.07, 6.45) is 0. The lowest BCUT2D eigenvalue weighted by Crippen LogP contribution is -1.97. The van der Waals surface area contributed by atoms with Crippen LogP contribution in [0.1, 0.15) is 0 Å². The van der Waals surface area contributed by atoms with Gasteiger partial charge in [-0.05, 0) is 80.4 Å². The van der Waals surface area contributed by atoms with Gasteiger partial charge >= 0.3 is 0 Å². The first kappa shape index (κ1) is 26.5. The zero-order chi connectivity index (χ0) is 29.0. The monoisotopic (exact) mass is 571 g/mol. The van der Waals surface area contributed by atoms with E-state index in [4.69, 9.17) is 16.6 Å². The minimum atomic E-state index is 0.160. The third kappa shape index (κ3) is 5.85. The van der Waals surface area contributed by atoms with Crippen molar-refractivity contribution in [3.63, 3.8) is 0 Å². The highest BCUT2D eigenvalue weighted by atomic mass is 35.5. The van der Waals surface area contributed by atoms with Gasteiger partial charge in [-0.15, -0.1) is 0 Å². The van der Waals surface area contributed by atoms with Crippen LogP contribution < -0.4 is 0 Å². The van der Waals surface area contributed by atoms with Crippen molar-refractivity contribution < 1.29 is 0 Å². The number of rotatable bonds is 6. The predicted octanol–water partition coefficient (Wildman–Crippen LogP) is 10.5. The number of nitrogens with zero attached hydrogens (tertiary/aromatic N) is 3. The van der Waals surface area contributed by atoms with Crippen molar-refractivity contribution >= 4 is 11.6 Å². The normalized spacial score (nSPS) is 10.9. The molecule has 3 nitrogen and oxygen atoms in total. The molecular weight excluding hydrogens is 546 g/mol. The van der Waals surface area contributed by atoms with Gasteiger partial charge in [0.15, 0.2) is 11.6 Å². The molecule has 1 aromatic heterocycles. The molecule has 204 valence electrons. The number of benzene rings is 6. The average Bonchev–Trinajstić information content (AvgIpc) is 3.09. The zero-order valence-corrected chi connectivity index (χ0v) is 24.0. The minimum Gasteiger partial charge on any atom is -0.208 e. The van der Waals surface area contributed by atoms with Gasteiger partial charge in [0.1, 0.15) is 0 Å². The van der Waals surface area contributed by atoms with Crippen LogP contribution in [-0.4, -0.2) is 15.0 Å². The van der Waals surface area contributed by atoms with Crippen LogP contribution in [0.15, 0.2) is 158 Å². The Bertz CT molecular complexity index is 1890. The highest BCUT2D eigenvalue weighted by Gasteiger charge is 2.12. The van der Waals surface area contributed by atoms with Gasteiger partial charge in [0, 0.05) is 11.1 Å². The molecule has 4 heteroatoms. The van der Waals surface area contributed by atoms with Gasteiger partial charge < -0.3 is 0 Å². The lowest BCUT2D eigenvalue weighted by molar-refractivity contribution is 1.07. The first-order chi connectivity index (χ1) is 21.2. The summed E-state index contributed by atoms with van der Waals surface area (Å²) in [5, 5.41) is 0.160. The fourth-order valence-corrected chi connectivity index (χ4v) is 5.46. The van der Waals surface area contributed by atoms with Crippen molar-refractivity contribution in [2.75, 3.05) is 0 Å². The van der Waals surface area contributed by atoms with Gasteiger partial charge in [-0.1, -0.05) is 133 Å². The van der Waals surface area contributed by atoms with Gasteiger partial charge in [0.05, 0.1) is 0 Å². The van der Waals surface area contributed by atoms with E-state index >= 15 is 0 Å².